The fourth-order valence-electron chi connectivity index (χ4n) is 1.25. The van der Waals surface area contributed by atoms with E-state index in [2.05, 4.69) is 17.9 Å². The number of carbonyl (C=O) groups excluding carboxylic acids is 2. The van der Waals surface area contributed by atoms with Crippen molar-refractivity contribution < 1.29 is 9.59 Å². The van der Waals surface area contributed by atoms with Crippen LogP contribution in [-0.2, 0) is 4.79 Å². The highest BCUT2D eigenvalue weighted by Gasteiger charge is 2.13. The summed E-state index contributed by atoms with van der Waals surface area (Å²) in [7, 11) is 1.68. The smallest absolute Gasteiger partial charge is 0.253 e. The van der Waals surface area contributed by atoms with Crippen molar-refractivity contribution in [2.24, 2.45) is 0 Å². The molecule has 98 valence electrons. The molecule has 0 fully saturated rings. The normalized spacial score (nSPS) is 10.0. The first-order valence-corrected chi connectivity index (χ1v) is 6.29. The van der Waals surface area contributed by atoms with Crippen molar-refractivity contribution in [3.63, 3.8) is 0 Å². The Hall–Kier alpha value is -1.20. The molecule has 1 rings (SSSR count). The van der Waals surface area contributed by atoms with Crippen LogP contribution >= 0.6 is 24.2 Å². The minimum Gasteiger partial charge on any atom is -0.345 e. The summed E-state index contributed by atoms with van der Waals surface area (Å²) in [4.78, 5) is 25.5. The fraction of sp³-hybridized carbons (Fsp3) is 0.333. The minimum atomic E-state index is -0.381. The summed E-state index contributed by atoms with van der Waals surface area (Å²) in [5, 5.41) is 2.87. The first-order chi connectivity index (χ1) is 8.45. The van der Waals surface area contributed by atoms with E-state index in [4.69, 9.17) is 11.6 Å². The minimum absolute atomic E-state index is 0.0453. The largest absolute Gasteiger partial charge is 0.345 e. The van der Waals surface area contributed by atoms with E-state index in [1.54, 1.807) is 25.2 Å². The summed E-state index contributed by atoms with van der Waals surface area (Å²) in [5.74, 6) is -0.530. The molecule has 0 bridgehead atoms. The molecule has 4 nitrogen and oxygen atoms in total. The molecule has 0 aliphatic heterocycles. The molecule has 0 atom stereocenters. The second-order valence-electron chi connectivity index (χ2n) is 3.75. The van der Waals surface area contributed by atoms with Gasteiger partial charge in [-0.15, -0.1) is 12.6 Å². The predicted octanol–water partition coefficient (Wildman–Crippen LogP) is 1.84. The van der Waals surface area contributed by atoms with Crippen molar-refractivity contribution >= 4 is 36.0 Å². The molecule has 0 unspecified atom stereocenters. The maximum Gasteiger partial charge on any atom is 0.253 e. The number of hydrogen-bond donors (Lipinski definition) is 2. The Morgan fingerprint density at radius 2 is 2.11 bits per heavy atom. The van der Waals surface area contributed by atoms with Gasteiger partial charge in [-0.2, -0.15) is 0 Å². The summed E-state index contributed by atoms with van der Waals surface area (Å²) in [6.45, 7) is 2.42. The second kappa shape index (κ2) is 6.66. The van der Waals surface area contributed by atoms with Gasteiger partial charge in [-0.3, -0.25) is 9.59 Å². The van der Waals surface area contributed by atoms with E-state index in [-0.39, 0.29) is 18.4 Å². The quantitative estimate of drug-likeness (QED) is 0.830. The van der Waals surface area contributed by atoms with E-state index in [0.29, 0.717) is 22.0 Å². The zero-order chi connectivity index (χ0) is 13.7. The average Bonchev–Trinajstić information content (AvgIpc) is 2.37. The van der Waals surface area contributed by atoms with Crippen molar-refractivity contribution in [1.82, 2.24) is 10.2 Å². The third kappa shape index (κ3) is 3.92. The fourth-order valence-corrected chi connectivity index (χ4v) is 1.66. The van der Waals surface area contributed by atoms with Crippen LogP contribution in [0.1, 0.15) is 17.3 Å². The van der Waals surface area contributed by atoms with Gasteiger partial charge >= 0.3 is 0 Å². The number of hydrogen-bond acceptors (Lipinski definition) is 3. The van der Waals surface area contributed by atoms with Gasteiger partial charge < -0.3 is 10.2 Å². The first kappa shape index (κ1) is 14.9. The number of thiol groups is 1. The topological polar surface area (TPSA) is 49.4 Å². The van der Waals surface area contributed by atoms with Gasteiger partial charge in [-0.25, -0.2) is 0 Å². The summed E-state index contributed by atoms with van der Waals surface area (Å²) in [5.41, 5.74) is 0.316. The summed E-state index contributed by atoms with van der Waals surface area (Å²) in [6.07, 6.45) is 0. The number of nitrogens with one attached hydrogen (secondary N) is 1. The van der Waals surface area contributed by atoms with Gasteiger partial charge in [0.05, 0.1) is 17.1 Å². The lowest BCUT2D eigenvalue weighted by molar-refractivity contribution is -0.128. The summed E-state index contributed by atoms with van der Waals surface area (Å²) < 4.78 is 0. The Bertz CT molecular complexity index is 465. The molecule has 18 heavy (non-hydrogen) atoms. The molecule has 0 heterocycles. The van der Waals surface area contributed by atoms with E-state index in [1.165, 1.54) is 4.90 Å². The predicted molar refractivity (Wildman–Crippen MR) is 74.3 cm³/mol. The van der Waals surface area contributed by atoms with Crippen LogP contribution in [0.2, 0.25) is 5.02 Å². The van der Waals surface area contributed by atoms with Crippen molar-refractivity contribution in [3.05, 3.63) is 28.8 Å². The monoisotopic (exact) mass is 286 g/mol. The van der Waals surface area contributed by atoms with E-state index in [9.17, 15) is 9.59 Å². The van der Waals surface area contributed by atoms with Crippen molar-refractivity contribution in [2.45, 2.75) is 11.8 Å². The van der Waals surface area contributed by atoms with Crippen LogP contribution in [-0.4, -0.2) is 36.9 Å². The molecule has 0 saturated carbocycles. The molecule has 1 aromatic carbocycles. The third-order valence-electron chi connectivity index (χ3n) is 2.49. The third-order valence-corrected chi connectivity index (χ3v) is 3.10. The molecule has 0 spiro atoms. The maximum atomic E-state index is 11.8. The molecular formula is C12H15ClN2O2S. The zero-order valence-corrected chi connectivity index (χ0v) is 11.9. The Labute approximate surface area is 117 Å². The van der Waals surface area contributed by atoms with E-state index in [1.807, 2.05) is 6.92 Å². The highest BCUT2D eigenvalue weighted by molar-refractivity contribution is 7.80. The van der Waals surface area contributed by atoms with Crippen LogP contribution in [0.5, 0.6) is 0 Å². The van der Waals surface area contributed by atoms with Gasteiger partial charge in [0.2, 0.25) is 5.91 Å². The SMILES string of the molecule is CCN(C)C(=O)CNC(=O)c1cc(S)ccc1Cl. The molecule has 0 aliphatic carbocycles. The molecule has 2 amide bonds. The van der Waals surface area contributed by atoms with E-state index < -0.39 is 0 Å². The lowest BCUT2D eigenvalue weighted by Crippen LogP contribution is -2.38. The number of halogens is 1. The van der Waals surface area contributed by atoms with E-state index in [0.717, 1.165) is 0 Å². The molecular weight excluding hydrogens is 272 g/mol. The highest BCUT2D eigenvalue weighted by Crippen LogP contribution is 2.19. The van der Waals surface area contributed by atoms with E-state index >= 15 is 0 Å². The van der Waals surface area contributed by atoms with Crippen LogP contribution in [0.15, 0.2) is 23.1 Å². The Morgan fingerprint density at radius 3 is 2.72 bits per heavy atom. The standard InChI is InChI=1S/C12H15ClN2O2S/c1-3-15(2)11(16)7-14-12(17)9-6-8(18)4-5-10(9)13/h4-6,18H,3,7H2,1-2H3,(H,14,17). The number of benzene rings is 1. The maximum absolute atomic E-state index is 11.8. The van der Waals surface area contributed by atoms with Crippen LogP contribution in [0, 0.1) is 0 Å². The molecule has 0 radical (unpaired) electrons. The lowest BCUT2D eigenvalue weighted by Gasteiger charge is -2.15. The first-order valence-electron chi connectivity index (χ1n) is 5.46. The van der Waals surface area contributed by atoms with Crippen LogP contribution in [0.4, 0.5) is 0 Å². The van der Waals surface area contributed by atoms with Gasteiger partial charge in [0.15, 0.2) is 0 Å². The van der Waals surface area contributed by atoms with Gasteiger partial charge in [-0.05, 0) is 25.1 Å². The Kier molecular flexibility index (Phi) is 5.50. The van der Waals surface area contributed by atoms with Gasteiger partial charge in [0.1, 0.15) is 0 Å². The van der Waals surface area contributed by atoms with Crippen LogP contribution in [0.25, 0.3) is 0 Å². The van der Waals surface area contributed by atoms with Gasteiger partial charge in [0, 0.05) is 18.5 Å². The molecule has 6 heteroatoms. The van der Waals surface area contributed by atoms with Gasteiger partial charge in [-0.1, -0.05) is 11.6 Å². The molecule has 0 saturated heterocycles. The number of rotatable bonds is 4. The number of nitrogens with zero attached hydrogens (tertiary/aromatic N) is 1. The average molecular weight is 287 g/mol. The number of likely N-dealkylation sites (N-methyl/N-ethyl adjacent to an activating group) is 1. The molecule has 0 aromatic heterocycles. The summed E-state index contributed by atoms with van der Waals surface area (Å²) >= 11 is 10.0. The molecule has 0 aliphatic rings. The molecule has 1 aromatic rings. The Balaban J connectivity index is 2.66. The lowest BCUT2D eigenvalue weighted by atomic mass is 10.2. The van der Waals surface area contributed by atoms with Crippen molar-refractivity contribution in [3.8, 4) is 0 Å². The second-order valence-corrected chi connectivity index (χ2v) is 4.68. The van der Waals surface area contributed by atoms with Crippen molar-refractivity contribution in [2.75, 3.05) is 20.1 Å². The van der Waals surface area contributed by atoms with Crippen LogP contribution < -0.4 is 5.32 Å². The molecule has 1 N–H and O–H groups in total. The van der Waals surface area contributed by atoms with Crippen LogP contribution in [0.3, 0.4) is 0 Å². The Morgan fingerprint density at radius 1 is 1.44 bits per heavy atom. The number of carbonyl (C=O) groups is 2. The van der Waals surface area contributed by atoms with Crippen molar-refractivity contribution in [1.29, 1.82) is 0 Å². The number of amides is 2. The zero-order valence-electron chi connectivity index (χ0n) is 10.2. The highest BCUT2D eigenvalue weighted by atomic mass is 35.5. The summed E-state index contributed by atoms with van der Waals surface area (Å²) in [6, 6.07) is 4.85. The van der Waals surface area contributed by atoms with Gasteiger partial charge in [0.25, 0.3) is 5.91 Å².